The zero-order valence-corrected chi connectivity index (χ0v) is 24.5. The summed E-state index contributed by atoms with van der Waals surface area (Å²) >= 11 is 1.83. The van der Waals surface area contributed by atoms with Gasteiger partial charge in [0.1, 0.15) is 0 Å². The fourth-order valence-corrected chi connectivity index (χ4v) is 4.78. The predicted octanol–water partition coefficient (Wildman–Crippen LogP) is 3.67. The Labute approximate surface area is 221 Å². The van der Waals surface area contributed by atoms with Crippen LogP contribution in [0, 0.1) is 24.2 Å². The molecular formula is C28H57N5OS. The highest BCUT2D eigenvalue weighted by Crippen LogP contribution is 2.24. The fourth-order valence-electron chi connectivity index (χ4n) is 4.07. The topological polar surface area (TPSA) is 94.4 Å². The summed E-state index contributed by atoms with van der Waals surface area (Å²) < 4.78 is 0. The first-order chi connectivity index (χ1) is 16.7. The number of nitrogens with two attached hydrogens (primary N) is 1. The highest BCUT2D eigenvalue weighted by Gasteiger charge is 2.25. The number of rotatable bonds is 22. The van der Waals surface area contributed by atoms with Crippen molar-refractivity contribution in [3.63, 3.8) is 0 Å². The number of allylic oxidation sites excluding steroid dienone is 1. The predicted molar refractivity (Wildman–Crippen MR) is 157 cm³/mol. The summed E-state index contributed by atoms with van der Waals surface area (Å²) in [7, 11) is 0. The first-order valence-corrected chi connectivity index (χ1v) is 14.9. The van der Waals surface area contributed by atoms with E-state index in [9.17, 15) is 5.11 Å². The molecule has 0 bridgehead atoms. The smallest absolute Gasteiger partial charge is 0.0574 e. The van der Waals surface area contributed by atoms with Crippen molar-refractivity contribution < 1.29 is 5.11 Å². The third-order valence-corrected chi connectivity index (χ3v) is 8.05. The standard InChI is InChI=1S/C28H57N5OS/c1-9-12-27(34)14-13-21(4)23(6)24(7)28(29)25(8)31-18-22(5)32-19-30-20-33-26(11-3)15-17-35-16-10-2/h2,13,22-28,30-34H,9,11-12,14-20,29H2,1,3-8H3. The summed E-state index contributed by atoms with van der Waals surface area (Å²) in [5.41, 5.74) is 7.95. The SMILES string of the molecule is C#CCSCCC(CC)NCNCNC(C)CNC(C)C(N)C(C)C(C)C(C)=CCC(O)CCC. The minimum atomic E-state index is -0.234. The maximum atomic E-state index is 10.0. The van der Waals surface area contributed by atoms with E-state index in [2.05, 4.69) is 81.7 Å². The lowest BCUT2D eigenvalue weighted by atomic mass is 9.81. The molecule has 0 aliphatic carbocycles. The molecule has 0 aliphatic rings. The van der Waals surface area contributed by atoms with Crippen molar-refractivity contribution in [1.82, 2.24) is 21.3 Å². The Hall–Kier alpha value is -0.590. The molecule has 7 atom stereocenters. The lowest BCUT2D eigenvalue weighted by Crippen LogP contribution is -2.52. The summed E-state index contributed by atoms with van der Waals surface area (Å²) in [5, 5.41) is 24.2. The van der Waals surface area contributed by atoms with Crippen LogP contribution in [0.5, 0.6) is 0 Å². The highest BCUT2D eigenvalue weighted by atomic mass is 32.2. The molecule has 0 aliphatic heterocycles. The second-order valence-corrected chi connectivity index (χ2v) is 11.2. The van der Waals surface area contributed by atoms with E-state index in [1.165, 1.54) is 5.57 Å². The molecule has 0 amide bonds. The van der Waals surface area contributed by atoms with Gasteiger partial charge in [-0.25, -0.2) is 0 Å². The highest BCUT2D eigenvalue weighted by molar-refractivity contribution is 7.99. The molecule has 0 aromatic rings. The summed E-state index contributed by atoms with van der Waals surface area (Å²) in [6, 6.07) is 1.16. The van der Waals surface area contributed by atoms with Crippen LogP contribution in [0.1, 0.15) is 80.6 Å². The van der Waals surface area contributed by atoms with Gasteiger partial charge in [-0.2, -0.15) is 0 Å². The summed E-state index contributed by atoms with van der Waals surface area (Å²) in [6.07, 6.45) is 12.1. The molecule has 0 spiro atoms. The van der Waals surface area contributed by atoms with Crippen LogP contribution in [-0.2, 0) is 0 Å². The molecule has 0 aromatic carbocycles. The third-order valence-electron chi connectivity index (χ3n) is 7.15. The van der Waals surface area contributed by atoms with Crippen LogP contribution < -0.4 is 27.0 Å². The van der Waals surface area contributed by atoms with Crippen molar-refractivity contribution in [2.45, 2.75) is 111 Å². The third kappa shape index (κ3) is 16.7. The van der Waals surface area contributed by atoms with Crippen LogP contribution in [0.4, 0.5) is 0 Å². The molecule has 0 heterocycles. The molecule has 0 saturated heterocycles. The zero-order chi connectivity index (χ0) is 26.6. The van der Waals surface area contributed by atoms with Gasteiger partial charge in [0, 0.05) is 44.0 Å². The molecule has 0 saturated carbocycles. The maximum Gasteiger partial charge on any atom is 0.0574 e. The maximum absolute atomic E-state index is 10.0. The van der Waals surface area contributed by atoms with E-state index in [0.29, 0.717) is 23.9 Å². The van der Waals surface area contributed by atoms with E-state index < -0.39 is 0 Å². The molecule has 7 heteroatoms. The normalized spacial score (nSPS) is 18.3. The molecule has 206 valence electrons. The fraction of sp³-hybridized carbons (Fsp3) is 0.857. The van der Waals surface area contributed by atoms with Gasteiger partial charge in [0.15, 0.2) is 0 Å². The Morgan fingerprint density at radius 3 is 2.40 bits per heavy atom. The van der Waals surface area contributed by atoms with Crippen LogP contribution in [0.3, 0.4) is 0 Å². The summed E-state index contributed by atoms with van der Waals surface area (Å²) in [6.45, 7) is 17.8. The van der Waals surface area contributed by atoms with E-state index >= 15 is 0 Å². The lowest BCUT2D eigenvalue weighted by Gasteiger charge is -2.32. The van der Waals surface area contributed by atoms with E-state index in [1.54, 1.807) is 0 Å². The first kappa shape index (κ1) is 34.4. The van der Waals surface area contributed by atoms with Gasteiger partial charge in [0.25, 0.3) is 0 Å². The number of nitrogens with one attached hydrogen (secondary N) is 4. The Morgan fingerprint density at radius 2 is 1.77 bits per heavy atom. The largest absolute Gasteiger partial charge is 0.393 e. The van der Waals surface area contributed by atoms with Gasteiger partial charge in [0.2, 0.25) is 0 Å². The molecule has 7 N–H and O–H groups in total. The Bertz CT molecular complexity index is 582. The molecule has 6 nitrogen and oxygen atoms in total. The Morgan fingerprint density at radius 1 is 1.09 bits per heavy atom. The minimum Gasteiger partial charge on any atom is -0.393 e. The number of terminal acetylenes is 1. The van der Waals surface area contributed by atoms with Crippen molar-refractivity contribution in [2.24, 2.45) is 17.6 Å². The van der Waals surface area contributed by atoms with Crippen molar-refractivity contribution in [2.75, 3.05) is 31.4 Å². The first-order valence-electron chi connectivity index (χ1n) is 13.7. The van der Waals surface area contributed by atoms with Gasteiger partial charge in [0.05, 0.1) is 11.9 Å². The number of hydrogen-bond acceptors (Lipinski definition) is 7. The van der Waals surface area contributed by atoms with E-state index in [4.69, 9.17) is 12.2 Å². The van der Waals surface area contributed by atoms with E-state index in [1.807, 2.05) is 11.8 Å². The van der Waals surface area contributed by atoms with Gasteiger partial charge in [-0.3, -0.25) is 5.32 Å². The molecule has 0 aromatic heterocycles. The van der Waals surface area contributed by atoms with Crippen molar-refractivity contribution >= 4 is 11.8 Å². The van der Waals surface area contributed by atoms with Crippen molar-refractivity contribution in [3.05, 3.63) is 11.6 Å². The van der Waals surface area contributed by atoms with Gasteiger partial charge < -0.3 is 26.8 Å². The number of hydrogen-bond donors (Lipinski definition) is 6. The van der Waals surface area contributed by atoms with Crippen molar-refractivity contribution in [3.8, 4) is 12.3 Å². The van der Waals surface area contributed by atoms with Crippen LogP contribution in [0.2, 0.25) is 0 Å². The van der Waals surface area contributed by atoms with Crippen LogP contribution in [0.25, 0.3) is 0 Å². The van der Waals surface area contributed by atoms with E-state index in [-0.39, 0.29) is 18.2 Å². The van der Waals surface area contributed by atoms with Gasteiger partial charge >= 0.3 is 0 Å². The van der Waals surface area contributed by atoms with Gasteiger partial charge in [-0.1, -0.05) is 51.7 Å². The second kappa shape index (κ2) is 21.5. The minimum absolute atomic E-state index is 0.0632. The monoisotopic (exact) mass is 511 g/mol. The Balaban J connectivity index is 4.18. The Kier molecular flexibility index (Phi) is 21.1. The average molecular weight is 512 g/mol. The van der Waals surface area contributed by atoms with Gasteiger partial charge in [-0.05, 0) is 64.0 Å². The number of aliphatic hydroxyl groups is 1. The molecule has 0 rings (SSSR count). The zero-order valence-electron chi connectivity index (χ0n) is 23.7. The summed E-state index contributed by atoms with van der Waals surface area (Å²) in [5.74, 6) is 5.32. The average Bonchev–Trinajstić information content (AvgIpc) is 2.85. The van der Waals surface area contributed by atoms with Crippen LogP contribution in [-0.4, -0.2) is 66.8 Å². The quantitative estimate of drug-likeness (QED) is 0.0572. The van der Waals surface area contributed by atoms with Crippen LogP contribution in [0.15, 0.2) is 11.6 Å². The number of aliphatic hydroxyl groups excluding tert-OH is 1. The molecule has 0 fully saturated rings. The second-order valence-electron chi connectivity index (χ2n) is 10.1. The number of thioether (sulfide) groups is 1. The summed E-state index contributed by atoms with van der Waals surface area (Å²) in [4.78, 5) is 0. The molecule has 0 radical (unpaired) electrons. The van der Waals surface area contributed by atoms with Crippen LogP contribution >= 0.6 is 11.8 Å². The lowest BCUT2D eigenvalue weighted by molar-refractivity contribution is 0.166. The molecular weight excluding hydrogens is 454 g/mol. The van der Waals surface area contributed by atoms with Gasteiger partial charge in [-0.15, -0.1) is 18.2 Å². The molecule has 7 unspecified atom stereocenters. The molecule has 35 heavy (non-hydrogen) atoms. The van der Waals surface area contributed by atoms with E-state index in [0.717, 1.165) is 63.5 Å². The van der Waals surface area contributed by atoms with Crippen molar-refractivity contribution in [1.29, 1.82) is 0 Å².